The van der Waals surface area contributed by atoms with E-state index in [1.54, 1.807) is 23.1 Å². The van der Waals surface area contributed by atoms with E-state index < -0.39 is 0 Å². The monoisotopic (exact) mass is 575 g/mol. The third-order valence-electron chi connectivity index (χ3n) is 8.36. The van der Waals surface area contributed by atoms with Crippen molar-refractivity contribution in [3.63, 3.8) is 0 Å². The number of ether oxygens (including phenoxy) is 2. The molecule has 1 atom stereocenters. The van der Waals surface area contributed by atoms with E-state index in [9.17, 15) is 4.79 Å². The molecule has 8 heteroatoms. The number of rotatable bonds is 11. The van der Waals surface area contributed by atoms with Crippen LogP contribution < -0.4 is 20.3 Å². The minimum absolute atomic E-state index is 0.149. The van der Waals surface area contributed by atoms with Gasteiger partial charge in [0.1, 0.15) is 23.1 Å². The Hall–Kier alpha value is -4.85. The van der Waals surface area contributed by atoms with E-state index in [1.807, 2.05) is 79.3 Å². The van der Waals surface area contributed by atoms with Gasteiger partial charge in [-0.1, -0.05) is 38.6 Å². The van der Waals surface area contributed by atoms with Gasteiger partial charge in [-0.2, -0.15) is 0 Å². The number of nitrogens with zero attached hydrogens (tertiary/aromatic N) is 4. The van der Waals surface area contributed by atoms with E-state index in [2.05, 4.69) is 35.7 Å². The molecule has 8 nitrogen and oxygen atoms in total. The highest BCUT2D eigenvalue weighted by Gasteiger charge is 2.39. The summed E-state index contributed by atoms with van der Waals surface area (Å²) in [5.74, 6) is 2.64. The van der Waals surface area contributed by atoms with Gasteiger partial charge < -0.3 is 14.8 Å². The van der Waals surface area contributed by atoms with E-state index >= 15 is 0 Å². The SMILES string of the molecule is C=C(Nc1ccc(Oc2ccnc3cc(OC(CC)CC4(C)CC4)ccc23)cn1)c1c(C)n(C)n(-c2ccccc2)c1=O. The molecule has 0 radical (unpaired) electrons. The summed E-state index contributed by atoms with van der Waals surface area (Å²) < 4.78 is 16.0. The molecule has 1 fully saturated rings. The van der Waals surface area contributed by atoms with E-state index in [0.717, 1.165) is 40.9 Å². The molecular weight excluding hydrogens is 538 g/mol. The van der Waals surface area contributed by atoms with Crippen molar-refractivity contribution in [3.05, 3.63) is 107 Å². The second-order valence-corrected chi connectivity index (χ2v) is 11.7. The van der Waals surface area contributed by atoms with Gasteiger partial charge in [-0.05, 0) is 80.5 Å². The highest BCUT2D eigenvalue weighted by atomic mass is 16.5. The Balaban J connectivity index is 1.15. The number of nitrogens with one attached hydrogen (secondary N) is 1. The molecule has 0 amide bonds. The second-order valence-electron chi connectivity index (χ2n) is 11.7. The summed E-state index contributed by atoms with van der Waals surface area (Å²) in [6.45, 7) is 10.6. The first-order chi connectivity index (χ1) is 20.7. The number of hydrogen-bond donors (Lipinski definition) is 1. The molecule has 0 bridgehead atoms. The normalized spacial score (nSPS) is 14.3. The van der Waals surface area contributed by atoms with E-state index in [0.29, 0.717) is 34.0 Å². The van der Waals surface area contributed by atoms with Gasteiger partial charge in [0.15, 0.2) is 0 Å². The van der Waals surface area contributed by atoms with Gasteiger partial charge >= 0.3 is 0 Å². The zero-order chi connectivity index (χ0) is 30.1. The van der Waals surface area contributed by atoms with Crippen LogP contribution in [0.5, 0.6) is 17.2 Å². The largest absolute Gasteiger partial charge is 0.490 e. The maximum Gasteiger partial charge on any atom is 0.281 e. The van der Waals surface area contributed by atoms with Crippen molar-refractivity contribution >= 4 is 22.4 Å². The first-order valence-electron chi connectivity index (χ1n) is 14.7. The van der Waals surface area contributed by atoms with Crippen LogP contribution in [0.3, 0.4) is 0 Å². The van der Waals surface area contributed by atoms with Crippen LogP contribution in [0.2, 0.25) is 0 Å². The molecule has 0 aliphatic heterocycles. The van der Waals surface area contributed by atoms with Crippen LogP contribution >= 0.6 is 0 Å². The van der Waals surface area contributed by atoms with Gasteiger partial charge in [-0.3, -0.25) is 14.5 Å². The molecule has 43 heavy (non-hydrogen) atoms. The molecule has 0 spiro atoms. The van der Waals surface area contributed by atoms with Crippen molar-refractivity contribution in [1.82, 2.24) is 19.3 Å². The lowest BCUT2D eigenvalue weighted by Crippen LogP contribution is -2.21. The number of hydrogen-bond acceptors (Lipinski definition) is 6. The van der Waals surface area contributed by atoms with Crippen molar-refractivity contribution < 1.29 is 9.47 Å². The summed E-state index contributed by atoms with van der Waals surface area (Å²) in [5.41, 5.74) is 3.67. The smallest absolute Gasteiger partial charge is 0.281 e. The van der Waals surface area contributed by atoms with Gasteiger partial charge in [0.05, 0.1) is 29.1 Å². The average Bonchev–Trinajstić information content (AvgIpc) is 3.69. The maximum atomic E-state index is 13.3. The molecule has 1 aliphatic carbocycles. The van der Waals surface area contributed by atoms with Crippen molar-refractivity contribution in [2.75, 3.05) is 5.32 Å². The fourth-order valence-electron chi connectivity index (χ4n) is 5.47. The fraction of sp³-hybridized carbons (Fsp3) is 0.286. The number of anilines is 1. The molecule has 1 saturated carbocycles. The van der Waals surface area contributed by atoms with Gasteiger partial charge in [0.2, 0.25) is 0 Å². The van der Waals surface area contributed by atoms with Gasteiger partial charge in [0, 0.05) is 36.1 Å². The van der Waals surface area contributed by atoms with Crippen LogP contribution in [0.15, 0.2) is 90.5 Å². The molecule has 0 saturated heterocycles. The lowest BCUT2D eigenvalue weighted by atomic mass is 9.99. The van der Waals surface area contributed by atoms with Crippen LogP contribution in [-0.2, 0) is 7.05 Å². The van der Waals surface area contributed by atoms with Crippen LogP contribution in [0.25, 0.3) is 22.3 Å². The van der Waals surface area contributed by atoms with Gasteiger partial charge in [-0.25, -0.2) is 9.67 Å². The third-order valence-corrected chi connectivity index (χ3v) is 8.36. The fourth-order valence-corrected chi connectivity index (χ4v) is 5.47. The Morgan fingerprint density at radius 2 is 1.84 bits per heavy atom. The molecule has 2 aromatic carbocycles. The molecule has 3 heterocycles. The first-order valence-corrected chi connectivity index (χ1v) is 14.7. The number of pyridine rings is 2. The minimum Gasteiger partial charge on any atom is -0.490 e. The standard InChI is InChI=1S/C35H37N5O3/c1-6-26(21-35(4)17-18-35)42-27-12-14-29-30(20-27)36-19-16-31(29)43-28-13-15-32(37-22-28)38-23(2)33-24(3)39(5)40(34(33)41)25-10-8-7-9-11-25/h7-16,19-20,22,26H,2,6,17-18,21H2,1,3-5H3,(H,37,38). The molecule has 5 aromatic rings. The van der Waals surface area contributed by atoms with Crippen LogP contribution in [0.1, 0.15) is 50.8 Å². The Morgan fingerprint density at radius 1 is 1.07 bits per heavy atom. The van der Waals surface area contributed by atoms with Gasteiger partial charge in [0.25, 0.3) is 5.56 Å². The molecule has 220 valence electrons. The molecular formula is C35H37N5O3. The predicted molar refractivity (Wildman–Crippen MR) is 171 cm³/mol. The highest BCUT2D eigenvalue weighted by molar-refractivity contribution is 5.86. The summed E-state index contributed by atoms with van der Waals surface area (Å²) in [6, 6.07) is 21.0. The van der Waals surface area contributed by atoms with E-state index in [-0.39, 0.29) is 11.7 Å². The highest BCUT2D eigenvalue weighted by Crippen LogP contribution is 2.49. The summed E-state index contributed by atoms with van der Waals surface area (Å²) in [7, 11) is 1.86. The Kier molecular flexibility index (Phi) is 7.52. The minimum atomic E-state index is -0.149. The molecule has 1 aliphatic rings. The van der Waals surface area contributed by atoms with Crippen LogP contribution in [0.4, 0.5) is 5.82 Å². The van der Waals surface area contributed by atoms with Crippen LogP contribution in [-0.4, -0.2) is 25.4 Å². The second kappa shape index (κ2) is 11.4. The zero-order valence-electron chi connectivity index (χ0n) is 25.1. The Bertz CT molecular complexity index is 1840. The first kappa shape index (κ1) is 28.3. The summed E-state index contributed by atoms with van der Waals surface area (Å²) in [5, 5.41) is 4.08. The van der Waals surface area contributed by atoms with Gasteiger partial charge in [-0.15, -0.1) is 0 Å². The molecule has 6 rings (SSSR count). The van der Waals surface area contributed by atoms with Crippen molar-refractivity contribution in [2.45, 2.75) is 52.6 Å². The van der Waals surface area contributed by atoms with Crippen molar-refractivity contribution in [3.8, 4) is 22.9 Å². The number of benzene rings is 2. The number of fused-ring (bicyclic) bond motifs is 1. The molecule has 1 N–H and O–H groups in total. The van der Waals surface area contributed by atoms with Crippen LogP contribution in [0, 0.1) is 12.3 Å². The quantitative estimate of drug-likeness (QED) is 0.174. The summed E-state index contributed by atoms with van der Waals surface area (Å²) in [4.78, 5) is 22.4. The van der Waals surface area contributed by atoms with E-state index in [4.69, 9.17) is 9.47 Å². The lowest BCUT2D eigenvalue weighted by Gasteiger charge is -2.21. The Labute approximate surface area is 251 Å². The van der Waals surface area contributed by atoms with E-state index in [1.165, 1.54) is 12.8 Å². The topological polar surface area (TPSA) is 83.2 Å². The lowest BCUT2D eigenvalue weighted by molar-refractivity contribution is 0.161. The Morgan fingerprint density at radius 3 is 2.53 bits per heavy atom. The predicted octanol–water partition coefficient (Wildman–Crippen LogP) is 7.65. The third kappa shape index (κ3) is 5.91. The average molecular weight is 576 g/mol. The molecule has 1 unspecified atom stereocenters. The number of para-hydroxylation sites is 1. The summed E-state index contributed by atoms with van der Waals surface area (Å²) >= 11 is 0. The number of aromatic nitrogens is 4. The van der Waals surface area contributed by atoms with Crippen molar-refractivity contribution in [1.29, 1.82) is 0 Å². The summed E-state index contributed by atoms with van der Waals surface area (Å²) in [6.07, 6.45) is 8.22. The zero-order valence-corrected chi connectivity index (χ0v) is 25.1. The maximum absolute atomic E-state index is 13.3. The molecule has 3 aromatic heterocycles. The van der Waals surface area contributed by atoms with Crippen molar-refractivity contribution in [2.24, 2.45) is 12.5 Å².